The molecule has 27 heavy (non-hydrogen) atoms. The van der Waals surface area contributed by atoms with Crippen molar-refractivity contribution in [3.63, 3.8) is 0 Å². The number of ketones is 1. The molecule has 0 atom stereocenters. The lowest BCUT2D eigenvalue weighted by Gasteiger charge is -2.18. The molecule has 3 heterocycles. The van der Waals surface area contributed by atoms with Gasteiger partial charge in [-0.2, -0.15) is 0 Å². The zero-order chi connectivity index (χ0) is 19.0. The fourth-order valence-electron chi connectivity index (χ4n) is 2.95. The molecule has 0 saturated heterocycles. The van der Waals surface area contributed by atoms with E-state index in [-0.39, 0.29) is 5.78 Å². The Labute approximate surface area is 166 Å². The highest BCUT2D eigenvalue weighted by atomic mass is 32.2. The average molecular weight is 401 g/mol. The van der Waals surface area contributed by atoms with Gasteiger partial charge in [-0.15, -0.1) is 11.3 Å². The first-order valence-corrected chi connectivity index (χ1v) is 10.7. The fourth-order valence-corrected chi connectivity index (χ4v) is 5.06. The Morgan fingerprint density at radius 3 is 2.74 bits per heavy atom. The van der Waals surface area contributed by atoms with Gasteiger partial charge < -0.3 is 9.47 Å². The predicted molar refractivity (Wildman–Crippen MR) is 109 cm³/mol. The summed E-state index contributed by atoms with van der Waals surface area (Å²) in [5.41, 5.74) is 1.83. The summed E-state index contributed by atoms with van der Waals surface area (Å²) in [6.07, 6.45) is 0.773. The molecule has 7 heteroatoms. The Morgan fingerprint density at radius 1 is 1.19 bits per heavy atom. The highest BCUT2D eigenvalue weighted by Crippen LogP contribution is 2.36. The second kappa shape index (κ2) is 7.48. The van der Waals surface area contributed by atoms with Crippen LogP contribution >= 0.6 is 23.1 Å². The molecule has 1 aliphatic rings. The van der Waals surface area contributed by atoms with E-state index >= 15 is 0 Å². The van der Waals surface area contributed by atoms with E-state index in [9.17, 15) is 4.79 Å². The standard InChI is InChI=1S/C20H20N2O3S2/c1-4-17-21-19(18-11(2)12(3)27-20(18)22-17)26-10-14(23)13-5-6-15-16(9-13)25-8-7-24-15/h5-6,9H,4,7-8,10H2,1-3H3. The molecule has 0 amide bonds. The number of hydrogen-bond donors (Lipinski definition) is 0. The van der Waals surface area contributed by atoms with Crippen molar-refractivity contribution in [2.24, 2.45) is 0 Å². The topological polar surface area (TPSA) is 61.3 Å². The number of carbonyl (C=O) groups excluding carboxylic acids is 1. The molecule has 1 aliphatic heterocycles. The molecule has 0 saturated carbocycles. The van der Waals surface area contributed by atoms with Crippen LogP contribution in [0.25, 0.3) is 10.2 Å². The Bertz CT molecular complexity index is 1030. The maximum absolute atomic E-state index is 12.7. The largest absolute Gasteiger partial charge is 0.486 e. The van der Waals surface area contributed by atoms with Crippen molar-refractivity contribution in [3.8, 4) is 11.5 Å². The van der Waals surface area contributed by atoms with Gasteiger partial charge in [-0.25, -0.2) is 9.97 Å². The number of benzene rings is 1. The lowest BCUT2D eigenvalue weighted by molar-refractivity contribution is 0.102. The van der Waals surface area contributed by atoms with E-state index in [4.69, 9.17) is 14.5 Å². The number of thiophene rings is 1. The maximum atomic E-state index is 12.7. The van der Waals surface area contributed by atoms with Gasteiger partial charge in [-0.3, -0.25) is 4.79 Å². The van der Waals surface area contributed by atoms with E-state index in [2.05, 4.69) is 18.8 Å². The van der Waals surface area contributed by atoms with Crippen molar-refractivity contribution in [1.29, 1.82) is 0 Å². The minimum atomic E-state index is 0.0476. The van der Waals surface area contributed by atoms with Gasteiger partial charge in [-0.1, -0.05) is 18.7 Å². The zero-order valence-corrected chi connectivity index (χ0v) is 17.1. The first kappa shape index (κ1) is 18.3. The number of fused-ring (bicyclic) bond motifs is 2. The summed E-state index contributed by atoms with van der Waals surface area (Å²) in [6, 6.07) is 5.37. The van der Waals surface area contributed by atoms with Crippen LogP contribution in [0.5, 0.6) is 11.5 Å². The monoisotopic (exact) mass is 400 g/mol. The molecule has 5 nitrogen and oxygen atoms in total. The van der Waals surface area contributed by atoms with Crippen molar-refractivity contribution in [3.05, 3.63) is 40.0 Å². The molecular weight excluding hydrogens is 380 g/mol. The smallest absolute Gasteiger partial charge is 0.173 e. The van der Waals surface area contributed by atoms with Crippen LogP contribution in [0.3, 0.4) is 0 Å². The molecule has 2 aromatic heterocycles. The molecule has 3 aromatic rings. The van der Waals surface area contributed by atoms with Crippen LogP contribution in [-0.4, -0.2) is 34.7 Å². The third-order valence-corrected chi connectivity index (χ3v) is 6.64. The van der Waals surface area contributed by atoms with Crippen LogP contribution < -0.4 is 9.47 Å². The van der Waals surface area contributed by atoms with Gasteiger partial charge in [0.05, 0.1) is 5.75 Å². The van der Waals surface area contributed by atoms with Crippen molar-refractivity contribution < 1.29 is 14.3 Å². The summed E-state index contributed by atoms with van der Waals surface area (Å²) in [4.78, 5) is 24.3. The Hall–Kier alpha value is -2.12. The summed E-state index contributed by atoms with van der Waals surface area (Å²) in [5, 5.41) is 1.97. The number of hydrogen-bond acceptors (Lipinski definition) is 7. The van der Waals surface area contributed by atoms with Gasteiger partial charge in [-0.05, 0) is 37.6 Å². The molecule has 0 fully saturated rings. The van der Waals surface area contributed by atoms with E-state index in [0.717, 1.165) is 27.5 Å². The van der Waals surface area contributed by atoms with Crippen LogP contribution in [0.15, 0.2) is 23.2 Å². The Kier molecular flexibility index (Phi) is 5.06. The van der Waals surface area contributed by atoms with Gasteiger partial charge in [0.25, 0.3) is 0 Å². The number of thioether (sulfide) groups is 1. The van der Waals surface area contributed by atoms with Crippen molar-refractivity contribution >= 4 is 39.1 Å². The SMILES string of the molecule is CCc1nc(SCC(=O)c2ccc3c(c2)OCCO3)c2c(C)c(C)sc2n1. The van der Waals surface area contributed by atoms with E-state index in [1.165, 1.54) is 22.2 Å². The second-order valence-electron chi connectivity index (χ2n) is 6.33. The number of aromatic nitrogens is 2. The molecule has 0 bridgehead atoms. The van der Waals surface area contributed by atoms with Crippen LogP contribution in [0.1, 0.15) is 33.5 Å². The first-order chi connectivity index (χ1) is 13.1. The van der Waals surface area contributed by atoms with E-state index in [1.807, 2.05) is 6.92 Å². The van der Waals surface area contributed by atoms with Crippen molar-refractivity contribution in [2.75, 3.05) is 19.0 Å². The molecule has 0 spiro atoms. The number of carbonyl (C=O) groups is 1. The summed E-state index contributed by atoms with van der Waals surface area (Å²) >= 11 is 3.17. The van der Waals surface area contributed by atoms with E-state index in [1.54, 1.807) is 29.5 Å². The summed E-state index contributed by atoms with van der Waals surface area (Å²) in [7, 11) is 0. The predicted octanol–water partition coefficient (Wildman–Crippen LogP) is 4.62. The number of Topliss-reactive ketones (excluding diaryl/α,β-unsaturated/α-hetero) is 1. The molecule has 0 radical (unpaired) electrons. The molecular formula is C20H20N2O3S2. The molecule has 0 N–H and O–H groups in total. The highest BCUT2D eigenvalue weighted by molar-refractivity contribution is 8.00. The number of aryl methyl sites for hydroxylation is 3. The number of nitrogens with zero attached hydrogens (tertiary/aromatic N) is 2. The average Bonchev–Trinajstić information content (AvgIpc) is 2.99. The Balaban J connectivity index is 1.59. The molecule has 1 aromatic carbocycles. The number of rotatable bonds is 5. The minimum absolute atomic E-state index is 0.0476. The lowest BCUT2D eigenvalue weighted by atomic mass is 10.1. The third-order valence-electron chi connectivity index (χ3n) is 4.56. The fraction of sp³-hybridized carbons (Fsp3) is 0.350. The second-order valence-corrected chi connectivity index (χ2v) is 8.50. The highest BCUT2D eigenvalue weighted by Gasteiger charge is 2.18. The van der Waals surface area contributed by atoms with Crippen LogP contribution in [0.4, 0.5) is 0 Å². The van der Waals surface area contributed by atoms with Crippen LogP contribution in [-0.2, 0) is 6.42 Å². The quantitative estimate of drug-likeness (QED) is 0.354. The maximum Gasteiger partial charge on any atom is 0.173 e. The molecule has 140 valence electrons. The normalized spacial score (nSPS) is 13.1. The van der Waals surface area contributed by atoms with Gasteiger partial charge in [0.2, 0.25) is 0 Å². The summed E-state index contributed by atoms with van der Waals surface area (Å²) < 4.78 is 11.1. The van der Waals surface area contributed by atoms with Gasteiger partial charge in [0, 0.05) is 22.2 Å². The minimum Gasteiger partial charge on any atom is -0.486 e. The van der Waals surface area contributed by atoms with Gasteiger partial charge in [0.15, 0.2) is 17.3 Å². The Morgan fingerprint density at radius 2 is 1.96 bits per heavy atom. The van der Waals surface area contributed by atoms with Crippen molar-refractivity contribution in [2.45, 2.75) is 32.2 Å². The molecule has 0 aliphatic carbocycles. The van der Waals surface area contributed by atoms with E-state index in [0.29, 0.717) is 36.0 Å². The number of ether oxygens (including phenoxy) is 2. The van der Waals surface area contributed by atoms with Crippen LogP contribution in [0, 0.1) is 13.8 Å². The van der Waals surface area contributed by atoms with Crippen molar-refractivity contribution in [1.82, 2.24) is 9.97 Å². The van der Waals surface area contributed by atoms with Gasteiger partial charge in [0.1, 0.15) is 28.9 Å². The first-order valence-electron chi connectivity index (χ1n) is 8.89. The lowest BCUT2D eigenvalue weighted by Crippen LogP contribution is -2.16. The van der Waals surface area contributed by atoms with Crippen LogP contribution in [0.2, 0.25) is 0 Å². The summed E-state index contributed by atoms with van der Waals surface area (Å²) in [5.74, 6) is 2.52. The molecule has 0 unspecified atom stereocenters. The van der Waals surface area contributed by atoms with E-state index < -0.39 is 0 Å². The molecule has 4 rings (SSSR count). The third kappa shape index (κ3) is 3.53. The summed E-state index contributed by atoms with van der Waals surface area (Å²) in [6.45, 7) is 7.29. The zero-order valence-electron chi connectivity index (χ0n) is 15.5. The van der Waals surface area contributed by atoms with Gasteiger partial charge >= 0.3 is 0 Å².